The van der Waals surface area contributed by atoms with Crippen LogP contribution in [0.1, 0.15) is 10.4 Å². The van der Waals surface area contributed by atoms with Gasteiger partial charge in [-0.3, -0.25) is 0 Å². The fourth-order valence-electron chi connectivity index (χ4n) is 1.42. The lowest BCUT2D eigenvalue weighted by molar-refractivity contribution is 1.18. The normalized spacial score (nSPS) is 10.1. The molecule has 1 N–H and O–H groups in total. The zero-order chi connectivity index (χ0) is 13.1. The third-order valence-electron chi connectivity index (χ3n) is 2.25. The summed E-state index contributed by atoms with van der Waals surface area (Å²) in [6.45, 7) is 0.640. The van der Waals surface area contributed by atoms with Gasteiger partial charge in [0.25, 0.3) is 0 Å². The van der Waals surface area contributed by atoms with Gasteiger partial charge in [0.2, 0.25) is 0 Å². The molecule has 0 aliphatic rings. The van der Waals surface area contributed by atoms with Crippen molar-refractivity contribution in [2.75, 3.05) is 5.32 Å². The van der Waals surface area contributed by atoms with Gasteiger partial charge in [0.15, 0.2) is 0 Å². The highest BCUT2D eigenvalue weighted by molar-refractivity contribution is 9.10. The number of nitrogens with zero attached hydrogens (tertiary/aromatic N) is 1. The molecule has 0 saturated heterocycles. The van der Waals surface area contributed by atoms with Gasteiger partial charge >= 0.3 is 0 Å². The minimum atomic E-state index is 0.625. The maximum Gasteiger partial charge on any atom is 0.107 e. The van der Waals surface area contributed by atoms with E-state index in [4.69, 9.17) is 16.9 Å². The molecule has 0 amide bonds. The zero-order valence-electron chi connectivity index (χ0n) is 9.01. The molecular weight excluding hydrogens is 399 g/mol. The third-order valence-corrected chi connectivity index (χ3v) is 5.22. The van der Waals surface area contributed by atoms with Crippen LogP contribution < -0.4 is 5.32 Å². The van der Waals surface area contributed by atoms with E-state index in [-0.39, 0.29) is 0 Å². The van der Waals surface area contributed by atoms with Crippen LogP contribution in [0.15, 0.2) is 33.2 Å². The highest BCUT2D eigenvalue weighted by Gasteiger charge is 2.06. The van der Waals surface area contributed by atoms with Crippen LogP contribution >= 0.6 is 54.8 Å². The summed E-state index contributed by atoms with van der Waals surface area (Å²) in [6.07, 6.45) is 0. The summed E-state index contributed by atoms with van der Waals surface area (Å²) in [4.78, 5) is 1.11. The van der Waals surface area contributed by atoms with E-state index < -0.39 is 0 Å². The molecule has 2 aromatic rings. The average molecular weight is 407 g/mol. The van der Waals surface area contributed by atoms with Crippen LogP contribution in [0.5, 0.6) is 0 Å². The molecule has 0 aliphatic carbocycles. The van der Waals surface area contributed by atoms with Gasteiger partial charge in [-0.05, 0) is 40.2 Å². The Morgan fingerprint density at radius 3 is 2.72 bits per heavy atom. The number of benzene rings is 1. The number of hydrogen-bond donors (Lipinski definition) is 1. The molecule has 0 bridgehead atoms. The molecule has 0 atom stereocenters. The summed E-state index contributed by atoms with van der Waals surface area (Å²) in [5.41, 5.74) is 1.44. The van der Waals surface area contributed by atoms with Crippen molar-refractivity contribution in [1.29, 1.82) is 5.26 Å². The Kier molecular flexibility index (Phi) is 4.68. The van der Waals surface area contributed by atoms with Crippen LogP contribution in [0.3, 0.4) is 0 Å². The summed E-state index contributed by atoms with van der Waals surface area (Å²) in [7, 11) is 0. The van der Waals surface area contributed by atoms with E-state index in [1.165, 1.54) is 11.3 Å². The Hall–Kier alpha value is -0.540. The van der Waals surface area contributed by atoms with Crippen molar-refractivity contribution in [2.24, 2.45) is 0 Å². The van der Waals surface area contributed by atoms with E-state index in [0.717, 1.165) is 23.8 Å². The smallest absolute Gasteiger partial charge is 0.107 e. The Labute approximate surface area is 131 Å². The molecule has 0 unspecified atom stereocenters. The number of halogens is 3. The maximum atomic E-state index is 9.02. The van der Waals surface area contributed by atoms with Crippen molar-refractivity contribution in [3.05, 3.63) is 48.0 Å². The second-order valence-electron chi connectivity index (χ2n) is 3.49. The van der Waals surface area contributed by atoms with Crippen LogP contribution in [-0.2, 0) is 6.54 Å². The van der Waals surface area contributed by atoms with Crippen molar-refractivity contribution in [3.8, 4) is 6.07 Å². The molecule has 2 nitrogen and oxygen atoms in total. The largest absolute Gasteiger partial charge is 0.379 e. The average Bonchev–Trinajstić information content (AvgIpc) is 2.66. The molecule has 0 aliphatic heterocycles. The minimum Gasteiger partial charge on any atom is -0.379 e. The molecular formula is C12H7Br2ClN2S. The highest BCUT2D eigenvalue weighted by atomic mass is 79.9. The molecule has 6 heteroatoms. The molecule has 1 aromatic heterocycles. The summed E-state index contributed by atoms with van der Waals surface area (Å²) < 4.78 is 2.58. The molecule has 2 rings (SSSR count). The first-order chi connectivity index (χ1) is 8.60. The van der Waals surface area contributed by atoms with Crippen molar-refractivity contribution in [1.82, 2.24) is 0 Å². The quantitative estimate of drug-likeness (QED) is 0.740. The predicted molar refractivity (Wildman–Crippen MR) is 83.2 cm³/mol. The minimum absolute atomic E-state index is 0.625. The Morgan fingerprint density at radius 2 is 2.11 bits per heavy atom. The number of nitriles is 1. The molecule has 1 heterocycles. The lowest BCUT2D eigenvalue weighted by Gasteiger charge is -2.07. The maximum absolute atomic E-state index is 9.02. The first-order valence-corrected chi connectivity index (χ1v) is 7.75. The molecule has 0 radical (unpaired) electrons. The molecule has 1 aromatic carbocycles. The Bertz CT molecular complexity index is 600. The first-order valence-electron chi connectivity index (χ1n) is 4.97. The van der Waals surface area contributed by atoms with E-state index in [1.807, 2.05) is 18.2 Å². The zero-order valence-corrected chi connectivity index (χ0v) is 13.8. The molecule has 0 saturated carbocycles. The highest BCUT2D eigenvalue weighted by Crippen LogP contribution is 2.32. The van der Waals surface area contributed by atoms with E-state index in [0.29, 0.717) is 12.1 Å². The van der Waals surface area contributed by atoms with Crippen molar-refractivity contribution in [3.63, 3.8) is 0 Å². The van der Waals surface area contributed by atoms with Gasteiger partial charge < -0.3 is 5.32 Å². The van der Waals surface area contributed by atoms with Crippen LogP contribution in [0.2, 0.25) is 4.34 Å². The number of rotatable bonds is 3. The van der Waals surface area contributed by atoms with Crippen molar-refractivity contribution in [2.45, 2.75) is 6.54 Å². The predicted octanol–water partition coefficient (Wildman–Crippen LogP) is 5.41. The summed E-state index contributed by atoms with van der Waals surface area (Å²) >= 11 is 14.3. The van der Waals surface area contributed by atoms with Gasteiger partial charge in [-0.1, -0.05) is 27.5 Å². The Morgan fingerprint density at radius 1 is 1.33 bits per heavy atom. The van der Waals surface area contributed by atoms with Crippen LogP contribution in [0, 0.1) is 11.3 Å². The van der Waals surface area contributed by atoms with Gasteiger partial charge in [-0.25, -0.2) is 0 Å². The van der Waals surface area contributed by atoms with Crippen LogP contribution in [0.4, 0.5) is 5.69 Å². The topological polar surface area (TPSA) is 35.8 Å². The fourth-order valence-corrected chi connectivity index (χ4v) is 3.51. The lowest BCUT2D eigenvalue weighted by atomic mass is 10.2. The summed E-state index contributed by atoms with van der Waals surface area (Å²) in [5.74, 6) is 0. The molecule has 18 heavy (non-hydrogen) atoms. The molecule has 92 valence electrons. The SMILES string of the molecule is N#Cc1ccc(Br)cc1NCc1cc(Br)c(Cl)s1. The lowest BCUT2D eigenvalue weighted by Crippen LogP contribution is -1.99. The number of thiophene rings is 1. The van der Waals surface area contributed by atoms with Crippen molar-refractivity contribution < 1.29 is 0 Å². The van der Waals surface area contributed by atoms with Gasteiger partial charge in [0.05, 0.1) is 11.3 Å². The summed E-state index contributed by atoms with van der Waals surface area (Å²) in [5, 5.41) is 12.3. The standard InChI is InChI=1S/C12H7Br2ClN2S/c13-8-2-1-7(5-16)11(3-8)17-6-9-4-10(14)12(15)18-9/h1-4,17H,6H2. The second-order valence-corrected chi connectivity index (χ2v) is 7.00. The van der Waals surface area contributed by atoms with E-state index in [1.54, 1.807) is 6.07 Å². The second kappa shape index (κ2) is 6.07. The van der Waals surface area contributed by atoms with Gasteiger partial charge in [0.1, 0.15) is 10.4 Å². The van der Waals surface area contributed by atoms with Gasteiger partial charge in [-0.15, -0.1) is 11.3 Å². The van der Waals surface area contributed by atoms with Gasteiger partial charge in [0, 0.05) is 20.4 Å². The first kappa shape index (κ1) is 13.9. The van der Waals surface area contributed by atoms with Crippen molar-refractivity contribution >= 4 is 60.5 Å². The number of hydrogen-bond acceptors (Lipinski definition) is 3. The third kappa shape index (κ3) is 3.27. The Balaban J connectivity index is 2.15. The fraction of sp³-hybridized carbons (Fsp3) is 0.0833. The van der Waals surface area contributed by atoms with Crippen LogP contribution in [-0.4, -0.2) is 0 Å². The molecule has 0 fully saturated rings. The van der Waals surface area contributed by atoms with E-state index in [9.17, 15) is 0 Å². The monoisotopic (exact) mass is 404 g/mol. The summed E-state index contributed by atoms with van der Waals surface area (Å²) in [6, 6.07) is 9.66. The van der Waals surface area contributed by atoms with E-state index in [2.05, 4.69) is 43.2 Å². The van der Waals surface area contributed by atoms with Crippen LogP contribution in [0.25, 0.3) is 0 Å². The van der Waals surface area contributed by atoms with E-state index >= 15 is 0 Å². The van der Waals surface area contributed by atoms with Gasteiger partial charge in [-0.2, -0.15) is 5.26 Å². The molecule has 0 spiro atoms. The number of anilines is 1. The number of nitrogens with one attached hydrogen (secondary N) is 1.